The van der Waals surface area contributed by atoms with E-state index in [-0.39, 0.29) is 17.1 Å². The lowest BCUT2D eigenvalue weighted by Crippen LogP contribution is -2.20. The monoisotopic (exact) mass is 420 g/mol. The maximum absolute atomic E-state index is 13.5. The molecule has 0 aliphatic carbocycles. The Kier molecular flexibility index (Phi) is 5.50. The van der Waals surface area contributed by atoms with Crippen LogP contribution in [-0.4, -0.2) is 11.9 Å². The third-order valence-corrected chi connectivity index (χ3v) is 5.91. The van der Waals surface area contributed by atoms with E-state index >= 15 is 0 Å². The van der Waals surface area contributed by atoms with Crippen LogP contribution in [0, 0.1) is 0 Å². The molecule has 0 N–H and O–H groups in total. The topological polar surface area (TPSA) is 82.8 Å². The van der Waals surface area contributed by atoms with E-state index in [1.165, 1.54) is 6.07 Å². The van der Waals surface area contributed by atoms with Crippen LogP contribution in [0.15, 0.2) is 100 Å². The summed E-state index contributed by atoms with van der Waals surface area (Å²) in [6, 6.07) is 25.1. The average molecular weight is 420 g/mol. The van der Waals surface area contributed by atoms with Crippen molar-refractivity contribution in [2.75, 3.05) is 6.16 Å². The third kappa shape index (κ3) is 4.50. The van der Waals surface area contributed by atoms with Gasteiger partial charge in [-0.3, -0.25) is 4.79 Å². The lowest BCUT2D eigenvalue weighted by molar-refractivity contribution is 0.101. The Morgan fingerprint density at radius 2 is 1.33 bits per heavy atom. The van der Waals surface area contributed by atoms with E-state index < -0.39 is 25.2 Å². The van der Waals surface area contributed by atoms with Crippen molar-refractivity contribution in [2.24, 2.45) is 0 Å². The van der Waals surface area contributed by atoms with Crippen LogP contribution in [0.5, 0.6) is 11.5 Å². The molecule has 0 spiro atoms. The van der Waals surface area contributed by atoms with Gasteiger partial charge in [-0.25, -0.2) is 9.36 Å². The molecular weight excluding hydrogens is 403 g/mol. The lowest BCUT2D eigenvalue weighted by atomic mass is 10.1. The molecule has 3 aromatic carbocycles. The van der Waals surface area contributed by atoms with Crippen molar-refractivity contribution in [3.8, 4) is 11.5 Å². The van der Waals surface area contributed by atoms with Gasteiger partial charge in [0.1, 0.15) is 28.8 Å². The number of rotatable bonds is 7. The minimum atomic E-state index is -4.00. The molecule has 0 aliphatic rings. The maximum Gasteiger partial charge on any atom is 0.438 e. The van der Waals surface area contributed by atoms with Gasteiger partial charge in [-0.15, -0.1) is 0 Å². The van der Waals surface area contributed by atoms with Gasteiger partial charge in [0.15, 0.2) is 5.78 Å². The van der Waals surface area contributed by atoms with Crippen LogP contribution in [0.1, 0.15) is 10.4 Å². The fourth-order valence-corrected chi connectivity index (χ4v) is 4.46. The van der Waals surface area contributed by atoms with E-state index in [0.29, 0.717) is 11.0 Å². The lowest BCUT2D eigenvalue weighted by Gasteiger charge is -2.19. The Morgan fingerprint density at radius 3 is 1.93 bits per heavy atom. The van der Waals surface area contributed by atoms with Crippen LogP contribution in [0.2, 0.25) is 0 Å². The molecule has 4 rings (SSSR count). The first-order chi connectivity index (χ1) is 14.5. The fourth-order valence-electron chi connectivity index (χ4n) is 2.88. The number of ketones is 1. The number of fused-ring (bicyclic) bond motifs is 1. The molecule has 0 saturated carbocycles. The largest absolute Gasteiger partial charge is 0.438 e. The summed E-state index contributed by atoms with van der Waals surface area (Å²) in [5, 5.41) is 0.586. The number of hydrogen-bond acceptors (Lipinski definition) is 6. The van der Waals surface area contributed by atoms with Crippen LogP contribution < -0.4 is 14.7 Å². The van der Waals surface area contributed by atoms with Gasteiger partial charge in [0.2, 0.25) is 0 Å². The number of hydrogen-bond donors (Lipinski definition) is 0. The summed E-state index contributed by atoms with van der Waals surface area (Å²) in [6.07, 6.45) is -0.625. The Hall–Kier alpha value is -3.63. The van der Waals surface area contributed by atoms with Crippen molar-refractivity contribution in [3.05, 3.63) is 107 Å². The molecule has 30 heavy (non-hydrogen) atoms. The molecule has 150 valence electrons. The second-order valence-corrected chi connectivity index (χ2v) is 8.39. The summed E-state index contributed by atoms with van der Waals surface area (Å²) >= 11 is 0. The van der Waals surface area contributed by atoms with Gasteiger partial charge in [0.05, 0.1) is 0 Å². The highest BCUT2D eigenvalue weighted by molar-refractivity contribution is 7.55. The van der Waals surface area contributed by atoms with Crippen molar-refractivity contribution in [1.82, 2.24) is 0 Å². The summed E-state index contributed by atoms with van der Waals surface area (Å²) in [5.41, 5.74) is -0.643. The predicted molar refractivity (Wildman–Crippen MR) is 113 cm³/mol. The smallest absolute Gasteiger partial charge is 0.422 e. The molecule has 0 radical (unpaired) electrons. The Morgan fingerprint density at radius 1 is 0.800 bits per heavy atom. The number of Topliss-reactive ketones (excluding diaryl/α,β-unsaturated/α-hetero) is 1. The molecule has 0 unspecified atom stereocenters. The van der Waals surface area contributed by atoms with E-state index in [4.69, 9.17) is 13.5 Å². The van der Waals surface area contributed by atoms with Crippen LogP contribution in [-0.2, 0) is 4.57 Å². The number of carbonyl (C=O) groups excluding carboxylic acids is 1. The van der Waals surface area contributed by atoms with Crippen LogP contribution in [0.4, 0.5) is 0 Å². The highest BCUT2D eigenvalue weighted by Crippen LogP contribution is 2.48. The zero-order valence-corrected chi connectivity index (χ0v) is 16.7. The first kappa shape index (κ1) is 19.7. The summed E-state index contributed by atoms with van der Waals surface area (Å²) in [6.45, 7) is 0. The van der Waals surface area contributed by atoms with Gasteiger partial charge in [-0.05, 0) is 36.4 Å². The standard InChI is InChI=1S/C23H17O6P/c24-21(20-15-17-9-7-8-14-22(17)27-23(20)25)16-30(26,28-18-10-3-1-4-11-18)29-19-12-5-2-6-13-19/h1-15H,16H2. The summed E-state index contributed by atoms with van der Waals surface area (Å²) in [7, 11) is -4.00. The molecule has 0 bridgehead atoms. The zero-order chi connectivity index (χ0) is 21.0. The SMILES string of the molecule is O=C(CP(=O)(Oc1ccccc1)Oc1ccccc1)c1cc2ccccc2oc1=O. The highest BCUT2D eigenvalue weighted by atomic mass is 31.2. The third-order valence-electron chi connectivity index (χ3n) is 4.25. The van der Waals surface area contributed by atoms with Gasteiger partial charge in [0.25, 0.3) is 0 Å². The Bertz CT molecular complexity index is 1240. The van der Waals surface area contributed by atoms with E-state index in [2.05, 4.69) is 0 Å². The Labute approximate surface area is 172 Å². The number of benzene rings is 3. The minimum absolute atomic E-state index is 0.206. The van der Waals surface area contributed by atoms with Gasteiger partial charge in [0, 0.05) is 5.39 Å². The molecule has 0 atom stereocenters. The van der Waals surface area contributed by atoms with Gasteiger partial charge in [-0.2, -0.15) is 0 Å². The normalized spacial score (nSPS) is 11.2. The number of carbonyl (C=O) groups is 1. The summed E-state index contributed by atoms with van der Waals surface area (Å²) in [4.78, 5) is 25.2. The predicted octanol–water partition coefficient (Wildman–Crippen LogP) is 5.33. The van der Waals surface area contributed by atoms with Gasteiger partial charge < -0.3 is 13.5 Å². The molecule has 7 heteroatoms. The molecule has 0 saturated heterocycles. The summed E-state index contributed by atoms with van der Waals surface area (Å²) < 4.78 is 29.9. The summed E-state index contributed by atoms with van der Waals surface area (Å²) in [5.74, 6) is -0.116. The van der Waals surface area contributed by atoms with Gasteiger partial charge >= 0.3 is 13.2 Å². The Balaban J connectivity index is 1.67. The van der Waals surface area contributed by atoms with E-state index in [0.717, 1.165) is 0 Å². The highest BCUT2D eigenvalue weighted by Gasteiger charge is 2.33. The van der Waals surface area contributed by atoms with Crippen molar-refractivity contribution in [1.29, 1.82) is 0 Å². The van der Waals surface area contributed by atoms with Crippen LogP contribution in [0.3, 0.4) is 0 Å². The minimum Gasteiger partial charge on any atom is -0.422 e. The second kappa shape index (κ2) is 8.39. The quantitative estimate of drug-likeness (QED) is 0.228. The molecule has 0 fully saturated rings. The number of para-hydroxylation sites is 3. The van der Waals surface area contributed by atoms with Gasteiger partial charge in [-0.1, -0.05) is 54.6 Å². The van der Waals surface area contributed by atoms with Crippen LogP contribution >= 0.6 is 7.60 Å². The molecule has 0 amide bonds. The first-order valence-corrected chi connectivity index (χ1v) is 10.9. The molecule has 1 heterocycles. The van der Waals surface area contributed by atoms with Crippen LogP contribution in [0.25, 0.3) is 11.0 Å². The van der Waals surface area contributed by atoms with E-state index in [9.17, 15) is 14.2 Å². The van der Waals surface area contributed by atoms with Crippen molar-refractivity contribution < 1.29 is 22.8 Å². The molecular formula is C23H17O6P. The second-order valence-electron chi connectivity index (χ2n) is 6.49. The first-order valence-electron chi connectivity index (χ1n) is 9.17. The molecule has 1 aromatic heterocycles. The van der Waals surface area contributed by atoms with E-state index in [1.807, 2.05) is 0 Å². The van der Waals surface area contributed by atoms with E-state index in [1.54, 1.807) is 84.9 Å². The molecule has 0 aliphatic heterocycles. The maximum atomic E-state index is 13.5. The molecule has 6 nitrogen and oxygen atoms in total. The average Bonchev–Trinajstić information content (AvgIpc) is 2.74. The van der Waals surface area contributed by atoms with Crippen molar-refractivity contribution in [2.45, 2.75) is 0 Å². The van der Waals surface area contributed by atoms with Crippen molar-refractivity contribution >= 4 is 24.3 Å². The zero-order valence-electron chi connectivity index (χ0n) is 15.8. The fraction of sp³-hybridized carbons (Fsp3) is 0.0435. The molecule has 4 aromatic rings. The van der Waals surface area contributed by atoms with Crippen molar-refractivity contribution in [3.63, 3.8) is 0 Å².